The van der Waals surface area contributed by atoms with E-state index in [1.165, 1.54) is 7.05 Å². The Morgan fingerprint density at radius 2 is 1.59 bits per heavy atom. The summed E-state index contributed by atoms with van der Waals surface area (Å²) in [7, 11) is 1.50. The molecule has 1 aromatic carbocycles. The maximum atomic E-state index is 10.9. The van der Waals surface area contributed by atoms with Crippen LogP contribution in [0.2, 0.25) is 0 Å². The molecule has 0 saturated carbocycles. The number of amides is 1. The number of nitrogens with zero attached hydrogens (tertiary/aromatic N) is 2. The third kappa shape index (κ3) is 8.30. The van der Waals surface area contributed by atoms with Gasteiger partial charge in [-0.15, -0.1) is 0 Å². The number of aromatic nitrogens is 1. The average Bonchev–Trinajstić information content (AvgIpc) is 2.74. The molecule has 0 aliphatic rings. The van der Waals surface area contributed by atoms with Crippen molar-refractivity contribution in [1.29, 1.82) is 0 Å². The number of rotatable bonds is 12. The Balaban J connectivity index is 1.73. The van der Waals surface area contributed by atoms with Gasteiger partial charge in [0.25, 0.3) is 0 Å². The Morgan fingerprint density at radius 1 is 0.966 bits per heavy atom. The van der Waals surface area contributed by atoms with E-state index in [9.17, 15) is 4.79 Å². The van der Waals surface area contributed by atoms with E-state index in [2.05, 4.69) is 4.98 Å². The summed E-state index contributed by atoms with van der Waals surface area (Å²) in [5, 5.41) is 17.5. The highest BCUT2D eigenvalue weighted by atomic mass is 16.5. The number of hydrogen-bond donors (Lipinski definition) is 2. The molecule has 0 radical (unpaired) electrons. The summed E-state index contributed by atoms with van der Waals surface area (Å²) in [6.45, 7) is 2.04. The Bertz CT molecular complexity index is 762. The van der Waals surface area contributed by atoms with Crippen LogP contribution in [0.1, 0.15) is 11.1 Å². The van der Waals surface area contributed by atoms with Gasteiger partial charge in [0.05, 0.1) is 33.0 Å². The van der Waals surface area contributed by atoms with Gasteiger partial charge in [-0.3, -0.25) is 4.90 Å². The lowest BCUT2D eigenvalue weighted by Crippen LogP contribution is -2.23. The van der Waals surface area contributed by atoms with E-state index in [4.69, 9.17) is 24.4 Å². The van der Waals surface area contributed by atoms with E-state index >= 15 is 0 Å². The minimum atomic E-state index is -1.000. The van der Waals surface area contributed by atoms with Crippen LogP contribution in [-0.4, -0.2) is 68.0 Å². The molecule has 156 valence electrons. The second-order valence-electron chi connectivity index (χ2n) is 5.99. The predicted octanol–water partition coefficient (Wildman–Crippen LogP) is 2.77. The number of ether oxygens (including phenoxy) is 3. The van der Waals surface area contributed by atoms with Crippen LogP contribution in [0.15, 0.2) is 42.6 Å². The van der Waals surface area contributed by atoms with Gasteiger partial charge in [0.15, 0.2) is 0 Å². The molecule has 0 spiro atoms. The molecular weight excluding hydrogens is 376 g/mol. The first-order chi connectivity index (χ1) is 14.1. The number of carboxylic acid groups (broad SMARTS) is 1. The molecule has 0 saturated heterocycles. The largest absolute Gasteiger partial charge is 0.475 e. The molecule has 0 atom stereocenters. The Kier molecular flexibility index (Phi) is 9.64. The minimum absolute atomic E-state index is 0.0105. The quantitative estimate of drug-likeness (QED) is 0.527. The normalized spacial score (nSPS) is 11.0. The van der Waals surface area contributed by atoms with E-state index < -0.39 is 6.09 Å². The second-order valence-corrected chi connectivity index (χ2v) is 5.99. The van der Waals surface area contributed by atoms with Crippen molar-refractivity contribution in [2.24, 2.45) is 0 Å². The summed E-state index contributed by atoms with van der Waals surface area (Å²) >= 11 is 0. The molecule has 1 amide bonds. The predicted molar refractivity (Wildman–Crippen MR) is 110 cm³/mol. The van der Waals surface area contributed by atoms with Crippen molar-refractivity contribution < 1.29 is 29.2 Å². The highest BCUT2D eigenvalue weighted by Gasteiger charge is 2.06. The fraction of sp³-hybridized carbons (Fsp3) is 0.333. The number of benzene rings is 1. The standard InChI is InChI=1S/C21H26N2O6/c1-23(21(25)26)19-7-4-17(5-8-19)2-3-18-6-9-20(22-16-18)29-15-14-28-13-12-27-11-10-24/h2-9,16,24H,10-15H2,1H3,(H,25,26)/b3-2+. The number of aliphatic hydroxyl groups excluding tert-OH is 1. The Hall–Kier alpha value is -2.94. The van der Waals surface area contributed by atoms with Crippen molar-refractivity contribution in [2.75, 3.05) is 51.6 Å². The number of anilines is 1. The van der Waals surface area contributed by atoms with Crippen LogP contribution >= 0.6 is 0 Å². The zero-order chi connectivity index (χ0) is 20.9. The molecule has 1 heterocycles. The zero-order valence-corrected chi connectivity index (χ0v) is 16.4. The van der Waals surface area contributed by atoms with E-state index in [1.54, 1.807) is 24.4 Å². The summed E-state index contributed by atoms with van der Waals surface area (Å²) < 4.78 is 15.9. The zero-order valence-electron chi connectivity index (χ0n) is 16.4. The lowest BCUT2D eigenvalue weighted by atomic mass is 10.1. The second kappa shape index (κ2) is 12.5. The minimum Gasteiger partial charge on any atom is -0.475 e. The monoisotopic (exact) mass is 402 g/mol. The summed E-state index contributed by atoms with van der Waals surface area (Å²) in [6, 6.07) is 10.9. The lowest BCUT2D eigenvalue weighted by Gasteiger charge is -2.12. The fourth-order valence-electron chi connectivity index (χ4n) is 2.28. The molecule has 1 aromatic heterocycles. The maximum absolute atomic E-state index is 10.9. The molecule has 0 bridgehead atoms. The molecule has 0 aliphatic carbocycles. The van der Waals surface area contributed by atoms with Gasteiger partial charge >= 0.3 is 6.09 Å². The molecule has 8 nitrogen and oxygen atoms in total. The summed E-state index contributed by atoms with van der Waals surface area (Å²) in [6.07, 6.45) is 4.55. The van der Waals surface area contributed by atoms with E-state index in [-0.39, 0.29) is 6.61 Å². The van der Waals surface area contributed by atoms with Crippen molar-refractivity contribution in [2.45, 2.75) is 0 Å². The van der Waals surface area contributed by atoms with Gasteiger partial charge in [-0.2, -0.15) is 0 Å². The summed E-state index contributed by atoms with van der Waals surface area (Å²) in [5.41, 5.74) is 2.48. The molecule has 0 aliphatic heterocycles. The first-order valence-electron chi connectivity index (χ1n) is 9.20. The van der Waals surface area contributed by atoms with E-state index in [0.717, 1.165) is 16.0 Å². The van der Waals surface area contributed by atoms with Crippen LogP contribution in [0.4, 0.5) is 10.5 Å². The maximum Gasteiger partial charge on any atom is 0.411 e. The van der Waals surface area contributed by atoms with Gasteiger partial charge in [-0.25, -0.2) is 9.78 Å². The lowest BCUT2D eigenvalue weighted by molar-refractivity contribution is 0.0243. The fourth-order valence-corrected chi connectivity index (χ4v) is 2.28. The van der Waals surface area contributed by atoms with E-state index in [0.29, 0.717) is 44.6 Å². The molecule has 2 aromatic rings. The van der Waals surface area contributed by atoms with Crippen LogP contribution in [0.25, 0.3) is 12.2 Å². The first-order valence-corrected chi connectivity index (χ1v) is 9.20. The van der Waals surface area contributed by atoms with Crippen LogP contribution in [0.3, 0.4) is 0 Å². The van der Waals surface area contributed by atoms with Gasteiger partial charge in [-0.1, -0.05) is 24.3 Å². The summed E-state index contributed by atoms with van der Waals surface area (Å²) in [4.78, 5) is 16.4. The topological polar surface area (TPSA) is 101 Å². The molecule has 2 rings (SSSR count). The van der Waals surface area contributed by atoms with Gasteiger partial charge in [0.1, 0.15) is 6.61 Å². The molecule has 0 unspecified atom stereocenters. The van der Waals surface area contributed by atoms with Crippen LogP contribution in [-0.2, 0) is 9.47 Å². The van der Waals surface area contributed by atoms with Crippen molar-refractivity contribution in [3.05, 3.63) is 53.7 Å². The van der Waals surface area contributed by atoms with Gasteiger partial charge < -0.3 is 24.4 Å². The highest BCUT2D eigenvalue weighted by molar-refractivity contribution is 5.85. The van der Waals surface area contributed by atoms with Crippen molar-refractivity contribution in [1.82, 2.24) is 4.98 Å². The smallest absolute Gasteiger partial charge is 0.411 e. The van der Waals surface area contributed by atoms with Gasteiger partial charge in [0.2, 0.25) is 5.88 Å². The molecule has 8 heteroatoms. The van der Waals surface area contributed by atoms with Crippen molar-refractivity contribution in [3.8, 4) is 5.88 Å². The van der Waals surface area contributed by atoms with Gasteiger partial charge in [0, 0.05) is 25.0 Å². The molecule has 0 fully saturated rings. The average molecular weight is 402 g/mol. The highest BCUT2D eigenvalue weighted by Crippen LogP contribution is 2.16. The third-order valence-electron chi connectivity index (χ3n) is 3.88. The molecule has 29 heavy (non-hydrogen) atoms. The third-order valence-corrected chi connectivity index (χ3v) is 3.88. The Labute approximate surface area is 170 Å². The number of pyridine rings is 1. The van der Waals surface area contributed by atoms with Crippen LogP contribution in [0.5, 0.6) is 5.88 Å². The summed E-state index contributed by atoms with van der Waals surface area (Å²) in [5.74, 6) is 0.517. The molecular formula is C21H26N2O6. The number of hydrogen-bond acceptors (Lipinski definition) is 6. The number of aliphatic hydroxyl groups is 1. The first kappa shape index (κ1) is 22.4. The van der Waals surface area contributed by atoms with E-state index in [1.807, 2.05) is 30.4 Å². The van der Waals surface area contributed by atoms with Crippen molar-refractivity contribution in [3.63, 3.8) is 0 Å². The van der Waals surface area contributed by atoms with Crippen molar-refractivity contribution >= 4 is 23.9 Å². The molecule has 2 N–H and O–H groups in total. The Morgan fingerprint density at radius 3 is 2.21 bits per heavy atom. The van der Waals surface area contributed by atoms with Crippen LogP contribution in [0, 0.1) is 0 Å². The van der Waals surface area contributed by atoms with Crippen LogP contribution < -0.4 is 9.64 Å². The van der Waals surface area contributed by atoms with Gasteiger partial charge in [-0.05, 0) is 29.3 Å². The number of carbonyl (C=O) groups is 1. The SMILES string of the molecule is CN(C(=O)O)c1ccc(/C=C/c2ccc(OCCOCCOCCO)nc2)cc1.